The number of allylic oxidation sites excluding steroid dienone is 4. The van der Waals surface area contributed by atoms with Gasteiger partial charge >= 0.3 is 0 Å². The lowest BCUT2D eigenvalue weighted by Crippen LogP contribution is -2.12. The molecule has 0 spiro atoms. The van der Waals surface area contributed by atoms with Gasteiger partial charge in [0.25, 0.3) is 0 Å². The topological polar surface area (TPSA) is 50.7 Å². The van der Waals surface area contributed by atoms with Crippen LogP contribution in [0.3, 0.4) is 0 Å². The normalized spacial score (nSPS) is 10.3. The Morgan fingerprint density at radius 2 is 1.88 bits per heavy atom. The zero-order chi connectivity index (χ0) is 19.0. The molecule has 0 fully saturated rings. The van der Waals surface area contributed by atoms with Gasteiger partial charge in [-0.3, -0.25) is 0 Å². The molecule has 0 aliphatic carbocycles. The van der Waals surface area contributed by atoms with E-state index in [1.807, 2.05) is 32.0 Å². The van der Waals surface area contributed by atoms with Crippen molar-refractivity contribution in [1.29, 1.82) is 0 Å². The Kier molecular flexibility index (Phi) is 14.8. The maximum Gasteiger partial charge on any atom is 0.127 e. The molecular formula is C20H29NO3. The maximum absolute atomic E-state index is 9.32. The standard InChI is InChI=1S/C16H21NO3.C2H6.C2H2/c1-5-6-14(9-12(2)18)17-11-13-7-8-15(19-3)10-16(13)20-4;2*1-2/h5-10,17-18H,1,11H2,2-4H3;1-2H3;1-2H/b12-9+,14-6+;;. The van der Waals surface area contributed by atoms with Crippen LogP contribution in [0.1, 0.15) is 26.3 Å². The average molecular weight is 331 g/mol. The third kappa shape index (κ3) is 9.26. The van der Waals surface area contributed by atoms with Crippen LogP contribution in [-0.2, 0) is 6.54 Å². The summed E-state index contributed by atoms with van der Waals surface area (Å²) >= 11 is 0. The summed E-state index contributed by atoms with van der Waals surface area (Å²) in [6.07, 6.45) is 13.1. The molecule has 132 valence electrons. The Morgan fingerprint density at radius 1 is 1.25 bits per heavy atom. The van der Waals surface area contributed by atoms with Crippen molar-refractivity contribution in [3.8, 4) is 24.3 Å². The molecule has 2 N–H and O–H groups in total. The number of aliphatic hydroxyl groups excluding tert-OH is 1. The number of ether oxygens (including phenoxy) is 2. The number of rotatable bonds is 7. The number of terminal acetylenes is 1. The van der Waals surface area contributed by atoms with E-state index >= 15 is 0 Å². The van der Waals surface area contributed by atoms with E-state index in [4.69, 9.17) is 9.47 Å². The van der Waals surface area contributed by atoms with Crippen LogP contribution >= 0.6 is 0 Å². The van der Waals surface area contributed by atoms with Gasteiger partial charge in [-0.25, -0.2) is 0 Å². The second kappa shape index (κ2) is 15.1. The van der Waals surface area contributed by atoms with Crippen molar-refractivity contribution in [3.05, 3.63) is 60.0 Å². The molecule has 0 saturated heterocycles. The fraction of sp³-hybridized carbons (Fsp3) is 0.300. The van der Waals surface area contributed by atoms with Gasteiger partial charge in [0.15, 0.2) is 0 Å². The van der Waals surface area contributed by atoms with E-state index in [9.17, 15) is 5.11 Å². The van der Waals surface area contributed by atoms with E-state index in [1.54, 1.807) is 39.4 Å². The zero-order valence-electron chi connectivity index (χ0n) is 15.3. The Labute approximate surface area is 146 Å². The van der Waals surface area contributed by atoms with E-state index in [-0.39, 0.29) is 5.76 Å². The molecule has 4 nitrogen and oxygen atoms in total. The van der Waals surface area contributed by atoms with Gasteiger partial charge in [0, 0.05) is 23.9 Å². The first-order valence-corrected chi connectivity index (χ1v) is 7.58. The molecule has 0 aliphatic rings. The number of aliphatic hydroxyl groups is 1. The van der Waals surface area contributed by atoms with Crippen molar-refractivity contribution >= 4 is 0 Å². The quantitative estimate of drug-likeness (QED) is 0.435. The SMILES string of the molecule is C#C.C=C/C=C(\C=C(/C)O)NCc1ccc(OC)cc1OC.CC. The van der Waals surface area contributed by atoms with E-state index in [0.29, 0.717) is 6.54 Å². The van der Waals surface area contributed by atoms with Crippen LogP contribution in [0.2, 0.25) is 0 Å². The van der Waals surface area contributed by atoms with Crippen LogP contribution in [0.4, 0.5) is 0 Å². The fourth-order valence-corrected chi connectivity index (χ4v) is 1.71. The number of methoxy groups -OCH3 is 2. The van der Waals surface area contributed by atoms with E-state index < -0.39 is 0 Å². The minimum atomic E-state index is 0.229. The molecule has 0 heterocycles. The van der Waals surface area contributed by atoms with Crippen LogP contribution in [0.15, 0.2) is 54.5 Å². The molecule has 0 saturated carbocycles. The van der Waals surface area contributed by atoms with Crippen LogP contribution in [0.25, 0.3) is 0 Å². The highest BCUT2D eigenvalue weighted by molar-refractivity contribution is 5.41. The lowest BCUT2D eigenvalue weighted by atomic mass is 10.2. The Balaban J connectivity index is 0. The number of benzene rings is 1. The second-order valence-corrected chi connectivity index (χ2v) is 4.17. The third-order valence-corrected chi connectivity index (χ3v) is 2.64. The molecule has 0 amide bonds. The first kappa shape index (κ1) is 23.5. The molecule has 0 unspecified atom stereocenters. The summed E-state index contributed by atoms with van der Waals surface area (Å²) in [6, 6.07) is 5.65. The molecule has 0 aliphatic heterocycles. The molecule has 1 aromatic rings. The van der Waals surface area contributed by atoms with Crippen LogP contribution < -0.4 is 14.8 Å². The highest BCUT2D eigenvalue weighted by Gasteiger charge is 2.05. The highest BCUT2D eigenvalue weighted by atomic mass is 16.5. The summed E-state index contributed by atoms with van der Waals surface area (Å²) in [7, 11) is 3.24. The Hall–Kier alpha value is -2.80. The Morgan fingerprint density at radius 3 is 2.33 bits per heavy atom. The summed E-state index contributed by atoms with van der Waals surface area (Å²) in [5.74, 6) is 1.73. The van der Waals surface area contributed by atoms with Gasteiger partial charge < -0.3 is 19.9 Å². The van der Waals surface area contributed by atoms with E-state index in [2.05, 4.69) is 24.7 Å². The van der Waals surface area contributed by atoms with Crippen molar-refractivity contribution in [2.24, 2.45) is 0 Å². The Bertz CT molecular complexity index is 553. The van der Waals surface area contributed by atoms with E-state index in [0.717, 1.165) is 22.8 Å². The lowest BCUT2D eigenvalue weighted by Gasteiger charge is -2.12. The van der Waals surface area contributed by atoms with Gasteiger partial charge in [-0.05, 0) is 31.2 Å². The first-order valence-electron chi connectivity index (χ1n) is 7.58. The summed E-state index contributed by atoms with van der Waals surface area (Å²) in [5.41, 5.74) is 1.77. The predicted molar refractivity (Wildman–Crippen MR) is 102 cm³/mol. The molecule has 1 aromatic carbocycles. The van der Waals surface area contributed by atoms with Gasteiger partial charge in [0.2, 0.25) is 0 Å². The highest BCUT2D eigenvalue weighted by Crippen LogP contribution is 2.24. The van der Waals surface area contributed by atoms with Crippen LogP contribution in [0.5, 0.6) is 11.5 Å². The van der Waals surface area contributed by atoms with Crippen molar-refractivity contribution in [2.75, 3.05) is 14.2 Å². The van der Waals surface area contributed by atoms with E-state index in [1.165, 1.54) is 0 Å². The van der Waals surface area contributed by atoms with Crippen LogP contribution in [0, 0.1) is 12.8 Å². The van der Waals surface area contributed by atoms with Crippen molar-refractivity contribution in [2.45, 2.75) is 27.3 Å². The van der Waals surface area contributed by atoms with Crippen LogP contribution in [-0.4, -0.2) is 19.3 Å². The molecule has 0 atom stereocenters. The molecule has 24 heavy (non-hydrogen) atoms. The molecule has 0 bridgehead atoms. The summed E-state index contributed by atoms with van der Waals surface area (Å²) in [5, 5.41) is 12.5. The fourth-order valence-electron chi connectivity index (χ4n) is 1.71. The van der Waals surface area contributed by atoms with Gasteiger partial charge in [-0.1, -0.05) is 26.5 Å². The maximum atomic E-state index is 9.32. The summed E-state index contributed by atoms with van der Waals surface area (Å²) in [6.45, 7) is 9.83. The summed E-state index contributed by atoms with van der Waals surface area (Å²) in [4.78, 5) is 0. The van der Waals surface area contributed by atoms with Gasteiger partial charge in [-0.15, -0.1) is 12.8 Å². The predicted octanol–water partition coefficient (Wildman–Crippen LogP) is 4.60. The van der Waals surface area contributed by atoms with Crippen molar-refractivity contribution < 1.29 is 14.6 Å². The molecule has 0 radical (unpaired) electrons. The lowest BCUT2D eigenvalue weighted by molar-refractivity contribution is 0.390. The number of hydrogen-bond acceptors (Lipinski definition) is 4. The van der Waals surface area contributed by atoms with Crippen molar-refractivity contribution in [1.82, 2.24) is 5.32 Å². The smallest absolute Gasteiger partial charge is 0.127 e. The third-order valence-electron chi connectivity index (χ3n) is 2.64. The van der Waals surface area contributed by atoms with Gasteiger partial charge in [-0.2, -0.15) is 0 Å². The number of hydrogen-bond donors (Lipinski definition) is 2. The molecule has 0 aromatic heterocycles. The average Bonchev–Trinajstić information content (AvgIpc) is 2.62. The first-order chi connectivity index (χ1) is 11.6. The largest absolute Gasteiger partial charge is 0.513 e. The zero-order valence-corrected chi connectivity index (χ0v) is 15.3. The molecular weight excluding hydrogens is 302 g/mol. The molecule has 1 rings (SSSR count). The number of nitrogens with one attached hydrogen (secondary N) is 1. The van der Waals surface area contributed by atoms with Crippen molar-refractivity contribution in [3.63, 3.8) is 0 Å². The summed E-state index contributed by atoms with van der Waals surface area (Å²) < 4.78 is 10.5. The van der Waals surface area contributed by atoms with Gasteiger partial charge in [0.1, 0.15) is 11.5 Å². The van der Waals surface area contributed by atoms with Gasteiger partial charge in [0.05, 0.1) is 20.0 Å². The minimum Gasteiger partial charge on any atom is -0.513 e. The molecule has 4 heteroatoms. The monoisotopic (exact) mass is 331 g/mol. The minimum absolute atomic E-state index is 0.229. The second-order valence-electron chi connectivity index (χ2n) is 4.17.